The van der Waals surface area contributed by atoms with Crippen LogP contribution in [0.5, 0.6) is 5.75 Å². The summed E-state index contributed by atoms with van der Waals surface area (Å²) in [4.78, 5) is 27.7. The molecule has 2 aromatic carbocycles. The molecular weight excluding hydrogens is 468 g/mol. The molecule has 0 saturated heterocycles. The fraction of sp³-hybridized carbons (Fsp3) is 0.462. The lowest BCUT2D eigenvalue weighted by Gasteiger charge is -2.30. The molecule has 0 fully saturated rings. The van der Waals surface area contributed by atoms with Gasteiger partial charge in [0.15, 0.2) is 6.61 Å². The van der Waals surface area contributed by atoms with Crippen molar-refractivity contribution in [1.29, 1.82) is 0 Å². The summed E-state index contributed by atoms with van der Waals surface area (Å²) in [5.74, 6) is 0.289. The molecule has 1 N–H and O–H groups in total. The lowest BCUT2D eigenvalue weighted by molar-refractivity contribution is -0.142. The average molecular weight is 503 g/mol. The number of rotatable bonds is 9. The topological polar surface area (TPSA) is 58.6 Å². The van der Waals surface area contributed by atoms with Crippen LogP contribution in [0, 0.1) is 0 Å². The molecule has 174 valence electrons. The van der Waals surface area contributed by atoms with Gasteiger partial charge in [0.05, 0.1) is 0 Å². The van der Waals surface area contributed by atoms with E-state index < -0.39 is 6.04 Å². The predicted molar refractivity (Wildman–Crippen MR) is 133 cm³/mol. The van der Waals surface area contributed by atoms with Crippen LogP contribution in [0.2, 0.25) is 0 Å². The van der Waals surface area contributed by atoms with Crippen LogP contribution in [-0.4, -0.2) is 35.4 Å². The van der Waals surface area contributed by atoms with E-state index in [1.807, 2.05) is 62.4 Å². The SMILES string of the molecule is CC[C@H](C)NC(=O)[C@H](C)N(Cc1ccc(Br)cc1)C(=O)COc1ccccc1C(C)(C)C. The van der Waals surface area contributed by atoms with Gasteiger partial charge < -0.3 is 15.0 Å². The Morgan fingerprint density at radius 1 is 1.06 bits per heavy atom. The Morgan fingerprint density at radius 3 is 2.28 bits per heavy atom. The van der Waals surface area contributed by atoms with Crippen molar-refractivity contribution >= 4 is 27.7 Å². The number of nitrogens with zero attached hydrogens (tertiary/aromatic N) is 1. The third-order valence-corrected chi connectivity index (χ3v) is 6.01. The number of amides is 2. The number of carbonyl (C=O) groups is 2. The quantitative estimate of drug-likeness (QED) is 0.495. The minimum atomic E-state index is -0.624. The van der Waals surface area contributed by atoms with Gasteiger partial charge in [-0.3, -0.25) is 9.59 Å². The van der Waals surface area contributed by atoms with Crippen molar-refractivity contribution in [2.24, 2.45) is 0 Å². The first kappa shape index (κ1) is 25.9. The molecule has 0 aliphatic rings. The summed E-state index contributed by atoms with van der Waals surface area (Å²) in [6, 6.07) is 14.9. The van der Waals surface area contributed by atoms with Gasteiger partial charge in [0.2, 0.25) is 5.91 Å². The lowest BCUT2D eigenvalue weighted by Crippen LogP contribution is -2.50. The van der Waals surface area contributed by atoms with E-state index in [4.69, 9.17) is 4.74 Å². The van der Waals surface area contributed by atoms with Crippen molar-refractivity contribution in [3.05, 3.63) is 64.1 Å². The summed E-state index contributed by atoms with van der Waals surface area (Å²) in [5.41, 5.74) is 1.87. The maximum Gasteiger partial charge on any atom is 0.261 e. The van der Waals surface area contributed by atoms with Crippen LogP contribution in [0.3, 0.4) is 0 Å². The Balaban J connectivity index is 2.21. The van der Waals surface area contributed by atoms with Crippen molar-refractivity contribution in [1.82, 2.24) is 10.2 Å². The number of halogens is 1. The van der Waals surface area contributed by atoms with Gasteiger partial charge in [0, 0.05) is 17.1 Å². The highest BCUT2D eigenvalue weighted by molar-refractivity contribution is 9.10. The molecule has 32 heavy (non-hydrogen) atoms. The summed E-state index contributed by atoms with van der Waals surface area (Å²) >= 11 is 3.44. The van der Waals surface area contributed by atoms with E-state index in [1.54, 1.807) is 11.8 Å². The number of benzene rings is 2. The third kappa shape index (κ3) is 7.37. The lowest BCUT2D eigenvalue weighted by atomic mass is 9.86. The molecule has 2 atom stereocenters. The Labute approximate surface area is 200 Å². The van der Waals surface area contributed by atoms with E-state index in [-0.39, 0.29) is 29.9 Å². The van der Waals surface area contributed by atoms with Gasteiger partial charge in [-0.2, -0.15) is 0 Å². The predicted octanol–water partition coefficient (Wildman–Crippen LogP) is 5.46. The third-order valence-electron chi connectivity index (χ3n) is 5.48. The molecular formula is C26H35BrN2O3. The molecule has 0 bridgehead atoms. The summed E-state index contributed by atoms with van der Waals surface area (Å²) < 4.78 is 6.93. The Hall–Kier alpha value is -2.34. The summed E-state index contributed by atoms with van der Waals surface area (Å²) in [6.07, 6.45) is 0.825. The van der Waals surface area contributed by atoms with Crippen molar-refractivity contribution < 1.29 is 14.3 Å². The molecule has 0 aromatic heterocycles. The number of para-hydroxylation sites is 1. The van der Waals surface area contributed by atoms with Crippen molar-refractivity contribution in [2.45, 2.75) is 72.0 Å². The first-order valence-electron chi connectivity index (χ1n) is 11.1. The molecule has 0 spiro atoms. The second-order valence-electron chi connectivity index (χ2n) is 9.18. The second-order valence-corrected chi connectivity index (χ2v) is 10.1. The van der Waals surface area contributed by atoms with E-state index >= 15 is 0 Å². The van der Waals surface area contributed by atoms with Gasteiger partial charge in [0.25, 0.3) is 5.91 Å². The second kappa shape index (κ2) is 11.5. The van der Waals surface area contributed by atoms with E-state index in [1.165, 1.54) is 0 Å². The zero-order valence-corrected chi connectivity index (χ0v) is 21.5. The van der Waals surface area contributed by atoms with Crippen molar-refractivity contribution in [2.75, 3.05) is 6.61 Å². The number of carbonyl (C=O) groups excluding carboxylic acids is 2. The van der Waals surface area contributed by atoms with Crippen LogP contribution in [0.4, 0.5) is 0 Å². The smallest absolute Gasteiger partial charge is 0.261 e. The number of nitrogens with one attached hydrogen (secondary N) is 1. The van der Waals surface area contributed by atoms with Gasteiger partial charge in [0.1, 0.15) is 11.8 Å². The van der Waals surface area contributed by atoms with Crippen LogP contribution in [-0.2, 0) is 21.5 Å². The molecule has 0 saturated carbocycles. The molecule has 2 rings (SSSR count). The van der Waals surface area contributed by atoms with Gasteiger partial charge in [-0.25, -0.2) is 0 Å². The zero-order valence-electron chi connectivity index (χ0n) is 19.9. The summed E-state index contributed by atoms with van der Waals surface area (Å²) in [6.45, 7) is 12.3. The van der Waals surface area contributed by atoms with Gasteiger partial charge >= 0.3 is 0 Å². The Kier molecular flexibility index (Phi) is 9.32. The van der Waals surface area contributed by atoms with Gasteiger partial charge in [-0.15, -0.1) is 0 Å². The van der Waals surface area contributed by atoms with Crippen LogP contribution in [0.25, 0.3) is 0 Å². The van der Waals surface area contributed by atoms with E-state index in [9.17, 15) is 9.59 Å². The molecule has 2 aromatic rings. The van der Waals surface area contributed by atoms with Crippen LogP contribution >= 0.6 is 15.9 Å². The minimum Gasteiger partial charge on any atom is -0.483 e. The maximum atomic E-state index is 13.3. The average Bonchev–Trinajstić information content (AvgIpc) is 2.76. The van der Waals surface area contributed by atoms with Crippen molar-refractivity contribution in [3.8, 4) is 5.75 Å². The Morgan fingerprint density at radius 2 is 1.69 bits per heavy atom. The molecule has 0 radical (unpaired) electrons. The maximum absolute atomic E-state index is 13.3. The number of hydrogen-bond donors (Lipinski definition) is 1. The molecule has 0 unspecified atom stereocenters. The molecule has 0 aliphatic heterocycles. The zero-order chi connectivity index (χ0) is 23.9. The van der Waals surface area contributed by atoms with Gasteiger partial charge in [-0.05, 0) is 55.0 Å². The normalized spacial score (nSPS) is 13.2. The van der Waals surface area contributed by atoms with Crippen LogP contribution in [0.1, 0.15) is 59.1 Å². The summed E-state index contributed by atoms with van der Waals surface area (Å²) in [5, 5.41) is 2.98. The molecule has 2 amide bonds. The Bertz CT molecular complexity index is 906. The highest BCUT2D eigenvalue weighted by atomic mass is 79.9. The minimum absolute atomic E-state index is 0.0458. The fourth-order valence-electron chi connectivity index (χ4n) is 3.27. The first-order valence-corrected chi connectivity index (χ1v) is 11.9. The van der Waals surface area contributed by atoms with E-state index in [0.29, 0.717) is 12.3 Å². The highest BCUT2D eigenvalue weighted by Gasteiger charge is 2.28. The van der Waals surface area contributed by atoms with Gasteiger partial charge in [-0.1, -0.05) is 74.0 Å². The van der Waals surface area contributed by atoms with E-state index in [2.05, 4.69) is 42.0 Å². The highest BCUT2D eigenvalue weighted by Crippen LogP contribution is 2.31. The monoisotopic (exact) mass is 502 g/mol. The van der Waals surface area contributed by atoms with Crippen LogP contribution < -0.4 is 10.1 Å². The first-order chi connectivity index (χ1) is 15.0. The van der Waals surface area contributed by atoms with Crippen LogP contribution in [0.15, 0.2) is 53.0 Å². The number of hydrogen-bond acceptors (Lipinski definition) is 3. The van der Waals surface area contributed by atoms with E-state index in [0.717, 1.165) is 22.0 Å². The standard InChI is InChI=1S/C26H35BrN2O3/c1-7-18(2)28-25(31)19(3)29(16-20-12-14-21(27)15-13-20)24(30)17-32-23-11-9-8-10-22(23)26(4,5)6/h8-15,18-19H,7,16-17H2,1-6H3,(H,28,31)/t18-,19-/m0/s1. The molecule has 6 heteroatoms. The largest absolute Gasteiger partial charge is 0.483 e. The van der Waals surface area contributed by atoms with Crippen molar-refractivity contribution in [3.63, 3.8) is 0 Å². The molecule has 0 heterocycles. The number of ether oxygens (including phenoxy) is 1. The summed E-state index contributed by atoms with van der Waals surface area (Å²) in [7, 11) is 0. The molecule has 5 nitrogen and oxygen atoms in total. The molecule has 0 aliphatic carbocycles. The fourth-order valence-corrected chi connectivity index (χ4v) is 3.53.